The molecule has 1 aromatic heterocycles. The average Bonchev–Trinajstić information content (AvgIpc) is 3.23. The number of benzene rings is 1. The van der Waals surface area contributed by atoms with Crippen LogP contribution in [0.25, 0.3) is 0 Å². The first-order valence-corrected chi connectivity index (χ1v) is 12.9. The standard InChI is InChI=1S/C23H28F3N3O2S/c1-23(25,26)18-7-5-17(6-8-18)20-3-2-12-29(20)22-21(24)19(27-15-28-22)9-4-16-10-13-32(30,31)14-11-16/h5-8,15-16,20H,2-4,9-14H2,1H3. The van der Waals surface area contributed by atoms with Gasteiger partial charge in [0.25, 0.3) is 5.92 Å². The molecule has 0 amide bonds. The number of anilines is 1. The van der Waals surface area contributed by atoms with Crippen LogP contribution in [0.2, 0.25) is 0 Å². The molecule has 2 saturated heterocycles. The van der Waals surface area contributed by atoms with Crippen LogP contribution < -0.4 is 4.90 Å². The highest BCUT2D eigenvalue weighted by molar-refractivity contribution is 7.91. The summed E-state index contributed by atoms with van der Waals surface area (Å²) in [7, 11) is -2.92. The molecule has 0 N–H and O–H groups in total. The number of halogens is 3. The van der Waals surface area contributed by atoms with Crippen molar-refractivity contribution in [1.82, 2.24) is 9.97 Å². The zero-order chi connectivity index (χ0) is 22.9. The number of rotatable bonds is 6. The number of nitrogens with zero attached hydrogens (tertiary/aromatic N) is 3. The van der Waals surface area contributed by atoms with Gasteiger partial charge in [-0.05, 0) is 50.0 Å². The largest absolute Gasteiger partial charge is 0.347 e. The van der Waals surface area contributed by atoms with E-state index in [1.807, 2.05) is 4.90 Å². The molecule has 0 spiro atoms. The van der Waals surface area contributed by atoms with Gasteiger partial charge in [0.05, 0.1) is 23.2 Å². The lowest BCUT2D eigenvalue weighted by atomic mass is 9.96. The summed E-state index contributed by atoms with van der Waals surface area (Å²) in [5, 5.41) is 0. The lowest BCUT2D eigenvalue weighted by Crippen LogP contribution is -2.26. The van der Waals surface area contributed by atoms with Gasteiger partial charge >= 0.3 is 0 Å². The molecule has 1 aromatic carbocycles. The molecule has 9 heteroatoms. The van der Waals surface area contributed by atoms with E-state index in [2.05, 4.69) is 9.97 Å². The molecule has 3 heterocycles. The van der Waals surface area contributed by atoms with E-state index < -0.39 is 21.6 Å². The quantitative estimate of drug-likeness (QED) is 0.609. The number of aryl methyl sites for hydroxylation is 1. The summed E-state index contributed by atoms with van der Waals surface area (Å²) < 4.78 is 65.6. The summed E-state index contributed by atoms with van der Waals surface area (Å²) in [5.74, 6) is -2.44. The third kappa shape index (κ3) is 5.08. The van der Waals surface area contributed by atoms with Gasteiger partial charge in [-0.3, -0.25) is 0 Å². The zero-order valence-corrected chi connectivity index (χ0v) is 18.9. The Labute approximate surface area is 187 Å². The van der Waals surface area contributed by atoms with Crippen molar-refractivity contribution in [2.24, 2.45) is 5.92 Å². The van der Waals surface area contributed by atoms with Crippen molar-refractivity contribution in [2.75, 3.05) is 23.0 Å². The van der Waals surface area contributed by atoms with Crippen molar-refractivity contribution in [2.45, 2.75) is 57.4 Å². The number of sulfone groups is 1. The molecule has 2 aliphatic heterocycles. The molecule has 2 aromatic rings. The average molecular weight is 468 g/mol. The Morgan fingerprint density at radius 1 is 1.09 bits per heavy atom. The molecule has 4 rings (SSSR count). The maximum absolute atomic E-state index is 15.3. The van der Waals surface area contributed by atoms with E-state index in [4.69, 9.17) is 0 Å². The fraction of sp³-hybridized carbons (Fsp3) is 0.565. The molecule has 0 bridgehead atoms. The van der Waals surface area contributed by atoms with Crippen LogP contribution in [-0.4, -0.2) is 36.4 Å². The fourth-order valence-electron chi connectivity index (χ4n) is 4.70. The number of hydrogen-bond acceptors (Lipinski definition) is 5. The lowest BCUT2D eigenvalue weighted by Gasteiger charge is -2.27. The van der Waals surface area contributed by atoms with E-state index in [1.54, 1.807) is 12.1 Å². The normalized spacial score (nSPS) is 21.8. The van der Waals surface area contributed by atoms with Crippen molar-refractivity contribution in [3.63, 3.8) is 0 Å². The predicted molar refractivity (Wildman–Crippen MR) is 117 cm³/mol. The molecule has 5 nitrogen and oxygen atoms in total. The second kappa shape index (κ2) is 9.00. The maximum atomic E-state index is 15.3. The van der Waals surface area contributed by atoms with Crippen LogP contribution >= 0.6 is 0 Å². The minimum Gasteiger partial charge on any atom is -0.347 e. The second-order valence-electron chi connectivity index (χ2n) is 8.95. The highest BCUT2D eigenvalue weighted by atomic mass is 32.2. The van der Waals surface area contributed by atoms with Gasteiger partial charge < -0.3 is 4.90 Å². The van der Waals surface area contributed by atoms with Crippen molar-refractivity contribution < 1.29 is 21.6 Å². The van der Waals surface area contributed by atoms with Crippen molar-refractivity contribution in [3.8, 4) is 0 Å². The number of hydrogen-bond donors (Lipinski definition) is 0. The summed E-state index contributed by atoms with van der Waals surface area (Å²) in [6, 6.07) is 6.10. The Balaban J connectivity index is 1.48. The van der Waals surface area contributed by atoms with E-state index in [0.717, 1.165) is 25.3 Å². The minimum atomic E-state index is -2.92. The van der Waals surface area contributed by atoms with Gasteiger partial charge in [-0.1, -0.05) is 24.3 Å². The maximum Gasteiger partial charge on any atom is 0.270 e. The minimum absolute atomic E-state index is 0.0446. The van der Waals surface area contributed by atoms with Crippen LogP contribution in [0, 0.1) is 11.7 Å². The molecule has 1 unspecified atom stereocenters. The molecule has 0 radical (unpaired) electrons. The zero-order valence-electron chi connectivity index (χ0n) is 18.1. The highest BCUT2D eigenvalue weighted by Gasteiger charge is 2.31. The topological polar surface area (TPSA) is 63.2 Å². The van der Waals surface area contributed by atoms with Gasteiger partial charge in [0, 0.05) is 19.0 Å². The van der Waals surface area contributed by atoms with Crippen LogP contribution in [0.5, 0.6) is 0 Å². The monoisotopic (exact) mass is 467 g/mol. The smallest absolute Gasteiger partial charge is 0.270 e. The van der Waals surface area contributed by atoms with Crippen molar-refractivity contribution >= 4 is 15.7 Å². The van der Waals surface area contributed by atoms with Crippen molar-refractivity contribution in [3.05, 3.63) is 53.2 Å². The van der Waals surface area contributed by atoms with E-state index in [9.17, 15) is 17.2 Å². The third-order valence-electron chi connectivity index (χ3n) is 6.63. The molecule has 174 valence electrons. The number of aromatic nitrogens is 2. The summed E-state index contributed by atoms with van der Waals surface area (Å²) >= 11 is 0. The first-order valence-electron chi connectivity index (χ1n) is 11.1. The van der Waals surface area contributed by atoms with Gasteiger partial charge in [-0.15, -0.1) is 0 Å². The van der Waals surface area contributed by atoms with E-state index in [0.29, 0.717) is 37.9 Å². The van der Waals surface area contributed by atoms with E-state index >= 15 is 4.39 Å². The van der Waals surface area contributed by atoms with Gasteiger partial charge in [0.1, 0.15) is 16.2 Å². The Kier molecular flexibility index (Phi) is 6.47. The summed E-state index contributed by atoms with van der Waals surface area (Å²) in [5.41, 5.74) is 1.16. The molecular weight excluding hydrogens is 439 g/mol. The summed E-state index contributed by atoms with van der Waals surface area (Å²) in [6.45, 7) is 1.50. The molecule has 0 saturated carbocycles. The molecule has 2 aliphatic rings. The number of alkyl halides is 2. The van der Waals surface area contributed by atoms with Crippen LogP contribution in [0.1, 0.15) is 61.9 Å². The van der Waals surface area contributed by atoms with Gasteiger partial charge in [0.2, 0.25) is 0 Å². The first-order chi connectivity index (χ1) is 15.1. The summed E-state index contributed by atoms with van der Waals surface area (Å²) in [6.07, 6.45) is 5.37. The van der Waals surface area contributed by atoms with Crippen molar-refractivity contribution in [1.29, 1.82) is 0 Å². The third-order valence-corrected chi connectivity index (χ3v) is 8.35. The van der Waals surface area contributed by atoms with Gasteiger partial charge in [-0.25, -0.2) is 31.6 Å². The van der Waals surface area contributed by atoms with Gasteiger partial charge in [-0.2, -0.15) is 0 Å². The highest BCUT2D eigenvalue weighted by Crippen LogP contribution is 2.38. The Morgan fingerprint density at radius 3 is 2.44 bits per heavy atom. The van der Waals surface area contributed by atoms with E-state index in [-0.39, 0.29) is 34.8 Å². The predicted octanol–water partition coefficient (Wildman–Crippen LogP) is 4.83. The Morgan fingerprint density at radius 2 is 1.78 bits per heavy atom. The molecule has 32 heavy (non-hydrogen) atoms. The Hall–Kier alpha value is -2.16. The second-order valence-corrected chi connectivity index (χ2v) is 11.3. The first kappa shape index (κ1) is 23.0. The Bertz CT molecular complexity index is 1040. The molecular formula is C23H28F3N3O2S. The van der Waals surface area contributed by atoms with Crippen LogP contribution in [-0.2, 0) is 22.2 Å². The molecule has 2 fully saturated rings. The molecule has 0 aliphatic carbocycles. The van der Waals surface area contributed by atoms with Crippen LogP contribution in [0.3, 0.4) is 0 Å². The van der Waals surface area contributed by atoms with Gasteiger partial charge in [0.15, 0.2) is 11.6 Å². The van der Waals surface area contributed by atoms with Crippen LogP contribution in [0.4, 0.5) is 19.0 Å². The SMILES string of the molecule is CC(F)(F)c1ccc(C2CCCN2c2ncnc(CCC3CCS(=O)(=O)CC3)c2F)cc1. The van der Waals surface area contributed by atoms with E-state index in [1.165, 1.54) is 18.5 Å². The van der Waals surface area contributed by atoms with Crippen LogP contribution in [0.15, 0.2) is 30.6 Å². The lowest BCUT2D eigenvalue weighted by molar-refractivity contribution is 0.0174. The fourth-order valence-corrected chi connectivity index (χ4v) is 6.29. The molecule has 1 atom stereocenters. The summed E-state index contributed by atoms with van der Waals surface area (Å²) in [4.78, 5) is 10.2.